The first-order valence-electron chi connectivity index (χ1n) is 14.0. The molecule has 0 spiro atoms. The first-order chi connectivity index (χ1) is 20.4. The lowest BCUT2D eigenvalue weighted by molar-refractivity contribution is 0.645. The molecule has 0 aliphatic carbocycles. The fourth-order valence-corrected chi connectivity index (χ4v) is 6.62. The third-order valence-electron chi connectivity index (χ3n) is 8.32. The zero-order valence-electron chi connectivity index (χ0n) is 22.2. The van der Waals surface area contributed by atoms with Crippen LogP contribution in [0, 0.1) is 0 Å². The van der Waals surface area contributed by atoms with Gasteiger partial charge < -0.3 is 8.98 Å². The van der Waals surface area contributed by atoms with Gasteiger partial charge in [0, 0.05) is 32.9 Å². The standard InChI is InChI=1S/C38H24N2O/c1-2-13-26(14-3-1)40-34-22-9-6-18-31(34)37-36-28(19-11-23-35(36)41-38(37)40)25-12-10-15-27(24-25)39-32-20-7-4-16-29(32)30-17-5-8-21-33(30)39/h1-24H. The molecule has 0 aliphatic heterocycles. The van der Waals surface area contributed by atoms with Gasteiger partial charge in [0.1, 0.15) is 5.58 Å². The van der Waals surface area contributed by atoms with E-state index in [4.69, 9.17) is 4.42 Å². The highest BCUT2D eigenvalue weighted by atomic mass is 16.3. The van der Waals surface area contributed by atoms with Crippen LogP contribution < -0.4 is 0 Å². The maximum atomic E-state index is 6.66. The SMILES string of the molecule is c1ccc(-n2c3ccccc3c3c4c(-c5cccc(-n6c7ccccc7c7ccccc76)c5)cccc4oc32)cc1. The van der Waals surface area contributed by atoms with Crippen LogP contribution in [-0.2, 0) is 0 Å². The molecule has 3 nitrogen and oxygen atoms in total. The van der Waals surface area contributed by atoms with E-state index in [2.05, 4.69) is 149 Å². The number of benzene rings is 6. The van der Waals surface area contributed by atoms with Crippen molar-refractivity contribution in [1.82, 2.24) is 9.13 Å². The summed E-state index contributed by atoms with van der Waals surface area (Å²) in [6.07, 6.45) is 0. The second-order valence-electron chi connectivity index (χ2n) is 10.6. The van der Waals surface area contributed by atoms with Crippen molar-refractivity contribution in [2.45, 2.75) is 0 Å². The summed E-state index contributed by atoms with van der Waals surface area (Å²) in [6.45, 7) is 0. The maximum Gasteiger partial charge on any atom is 0.213 e. The molecular formula is C38H24N2O. The first kappa shape index (κ1) is 22.3. The van der Waals surface area contributed by atoms with Crippen LogP contribution in [0.15, 0.2) is 150 Å². The fourth-order valence-electron chi connectivity index (χ4n) is 6.62. The molecule has 0 bridgehead atoms. The van der Waals surface area contributed by atoms with E-state index in [9.17, 15) is 0 Å². The Hall–Kier alpha value is -5.54. The highest BCUT2D eigenvalue weighted by Gasteiger charge is 2.21. The van der Waals surface area contributed by atoms with E-state index in [-0.39, 0.29) is 0 Å². The Morgan fingerprint density at radius 1 is 0.415 bits per heavy atom. The lowest BCUT2D eigenvalue weighted by Gasteiger charge is -2.11. The summed E-state index contributed by atoms with van der Waals surface area (Å²) in [5, 5.41) is 6.02. The van der Waals surface area contributed by atoms with Gasteiger partial charge in [-0.2, -0.15) is 0 Å². The van der Waals surface area contributed by atoms with Gasteiger partial charge in [-0.1, -0.05) is 97.1 Å². The number of furan rings is 1. The zero-order chi connectivity index (χ0) is 26.9. The van der Waals surface area contributed by atoms with Gasteiger partial charge in [0.2, 0.25) is 5.71 Å². The van der Waals surface area contributed by atoms with Crippen LogP contribution in [0.3, 0.4) is 0 Å². The van der Waals surface area contributed by atoms with E-state index in [1.807, 2.05) is 6.07 Å². The molecule has 3 heteroatoms. The summed E-state index contributed by atoms with van der Waals surface area (Å²) in [7, 11) is 0. The van der Waals surface area contributed by atoms with Gasteiger partial charge in [-0.25, -0.2) is 0 Å². The van der Waals surface area contributed by atoms with Gasteiger partial charge in [-0.05, 0) is 59.7 Å². The molecule has 41 heavy (non-hydrogen) atoms. The second kappa shape index (κ2) is 8.48. The molecule has 0 unspecified atom stereocenters. The van der Waals surface area contributed by atoms with Crippen molar-refractivity contribution in [2.75, 3.05) is 0 Å². The molecule has 3 aromatic heterocycles. The van der Waals surface area contributed by atoms with Gasteiger partial charge >= 0.3 is 0 Å². The summed E-state index contributed by atoms with van der Waals surface area (Å²) in [6, 6.07) is 51.7. The monoisotopic (exact) mass is 524 g/mol. The number of aromatic nitrogens is 2. The van der Waals surface area contributed by atoms with Crippen LogP contribution in [0.2, 0.25) is 0 Å². The molecule has 0 aliphatic rings. The minimum Gasteiger partial charge on any atom is -0.439 e. The summed E-state index contributed by atoms with van der Waals surface area (Å²) < 4.78 is 11.3. The van der Waals surface area contributed by atoms with E-state index < -0.39 is 0 Å². The summed E-state index contributed by atoms with van der Waals surface area (Å²) in [5.41, 5.74) is 9.89. The summed E-state index contributed by atoms with van der Waals surface area (Å²) in [4.78, 5) is 0. The highest BCUT2D eigenvalue weighted by molar-refractivity contribution is 6.23. The number of hydrogen-bond acceptors (Lipinski definition) is 1. The van der Waals surface area contributed by atoms with Crippen molar-refractivity contribution in [1.29, 1.82) is 0 Å². The molecule has 0 saturated carbocycles. The summed E-state index contributed by atoms with van der Waals surface area (Å²) >= 11 is 0. The van der Waals surface area contributed by atoms with Crippen molar-refractivity contribution in [3.8, 4) is 22.5 Å². The predicted molar refractivity (Wildman–Crippen MR) is 170 cm³/mol. The van der Waals surface area contributed by atoms with Crippen LogP contribution in [0.4, 0.5) is 0 Å². The van der Waals surface area contributed by atoms with E-state index >= 15 is 0 Å². The Morgan fingerprint density at radius 2 is 1.00 bits per heavy atom. The summed E-state index contributed by atoms with van der Waals surface area (Å²) in [5.74, 6) is 0. The smallest absolute Gasteiger partial charge is 0.213 e. The molecule has 9 rings (SSSR count). The van der Waals surface area contributed by atoms with Crippen molar-refractivity contribution < 1.29 is 4.42 Å². The molecule has 6 aromatic carbocycles. The predicted octanol–water partition coefficient (Wildman–Crippen LogP) is 10.3. The lowest BCUT2D eigenvalue weighted by Crippen LogP contribution is -1.94. The molecule has 9 aromatic rings. The topological polar surface area (TPSA) is 23.0 Å². The van der Waals surface area contributed by atoms with Gasteiger partial charge in [-0.15, -0.1) is 0 Å². The van der Waals surface area contributed by atoms with Crippen LogP contribution in [0.25, 0.3) is 77.3 Å². The van der Waals surface area contributed by atoms with Gasteiger partial charge in [0.25, 0.3) is 0 Å². The first-order valence-corrected chi connectivity index (χ1v) is 14.0. The molecule has 3 heterocycles. The van der Waals surface area contributed by atoms with Crippen molar-refractivity contribution in [3.05, 3.63) is 146 Å². The molecule has 0 fully saturated rings. The largest absolute Gasteiger partial charge is 0.439 e. The molecular weight excluding hydrogens is 500 g/mol. The Kier molecular flexibility index (Phi) is 4.61. The normalized spacial score (nSPS) is 11.9. The van der Waals surface area contributed by atoms with Gasteiger partial charge in [0.15, 0.2) is 0 Å². The van der Waals surface area contributed by atoms with E-state index in [0.717, 1.165) is 44.5 Å². The fraction of sp³-hybridized carbons (Fsp3) is 0. The quantitative estimate of drug-likeness (QED) is 0.225. The minimum atomic E-state index is 0.874. The van der Waals surface area contributed by atoms with E-state index in [1.54, 1.807) is 0 Å². The Labute approximate surface area is 236 Å². The van der Waals surface area contributed by atoms with E-state index in [0.29, 0.717) is 0 Å². The van der Waals surface area contributed by atoms with Gasteiger partial charge in [0.05, 0.1) is 21.9 Å². The van der Waals surface area contributed by atoms with Crippen LogP contribution >= 0.6 is 0 Å². The molecule has 0 amide bonds. The highest BCUT2D eigenvalue weighted by Crippen LogP contribution is 2.43. The average molecular weight is 525 g/mol. The van der Waals surface area contributed by atoms with Crippen LogP contribution in [0.5, 0.6) is 0 Å². The average Bonchev–Trinajstić information content (AvgIpc) is 3.68. The molecule has 0 atom stereocenters. The van der Waals surface area contributed by atoms with Crippen LogP contribution in [-0.4, -0.2) is 9.13 Å². The minimum absolute atomic E-state index is 0.874. The molecule has 192 valence electrons. The molecule has 0 saturated heterocycles. The van der Waals surface area contributed by atoms with E-state index in [1.165, 1.54) is 32.8 Å². The number of nitrogens with zero attached hydrogens (tertiary/aromatic N) is 2. The molecule has 0 N–H and O–H groups in total. The van der Waals surface area contributed by atoms with Crippen molar-refractivity contribution in [2.24, 2.45) is 0 Å². The Morgan fingerprint density at radius 3 is 1.73 bits per heavy atom. The lowest BCUT2D eigenvalue weighted by atomic mass is 9.98. The zero-order valence-corrected chi connectivity index (χ0v) is 22.2. The maximum absolute atomic E-state index is 6.66. The van der Waals surface area contributed by atoms with Gasteiger partial charge in [-0.3, -0.25) is 4.57 Å². The van der Waals surface area contributed by atoms with Crippen LogP contribution in [0.1, 0.15) is 0 Å². The van der Waals surface area contributed by atoms with Crippen molar-refractivity contribution >= 4 is 54.8 Å². The Bertz CT molecular complexity index is 2370. The number of rotatable bonds is 3. The third kappa shape index (κ3) is 3.14. The second-order valence-corrected chi connectivity index (χ2v) is 10.6. The third-order valence-corrected chi connectivity index (χ3v) is 8.32. The number of hydrogen-bond donors (Lipinski definition) is 0. The van der Waals surface area contributed by atoms with Crippen molar-refractivity contribution in [3.63, 3.8) is 0 Å². The number of para-hydroxylation sites is 4. The number of fused-ring (bicyclic) bond motifs is 8. The molecule has 0 radical (unpaired) electrons. The Balaban J connectivity index is 1.34.